The summed E-state index contributed by atoms with van der Waals surface area (Å²) in [5, 5.41) is 13.2. The van der Waals surface area contributed by atoms with E-state index in [-0.39, 0.29) is 5.91 Å². The van der Waals surface area contributed by atoms with E-state index in [2.05, 4.69) is 37.4 Å². The van der Waals surface area contributed by atoms with Crippen LogP contribution in [0.3, 0.4) is 0 Å². The van der Waals surface area contributed by atoms with Crippen molar-refractivity contribution in [3.8, 4) is 11.4 Å². The molecular formula is C19H20N6O. The zero-order chi connectivity index (χ0) is 18.2. The predicted octanol–water partition coefficient (Wildman–Crippen LogP) is 2.44. The SMILES string of the molecule is C=CCNc1ccccc1C(=O)NCCc1nc(-c2ccncc2)n[nH]1. The van der Waals surface area contributed by atoms with Crippen molar-refractivity contribution in [2.24, 2.45) is 0 Å². The molecule has 0 saturated carbocycles. The van der Waals surface area contributed by atoms with E-state index in [9.17, 15) is 4.79 Å². The molecule has 1 aromatic carbocycles. The number of rotatable bonds is 8. The number of hydrogen-bond donors (Lipinski definition) is 3. The molecule has 0 radical (unpaired) electrons. The maximum Gasteiger partial charge on any atom is 0.253 e. The molecule has 7 nitrogen and oxygen atoms in total. The van der Waals surface area contributed by atoms with E-state index in [1.54, 1.807) is 24.5 Å². The lowest BCUT2D eigenvalue weighted by Crippen LogP contribution is -2.26. The number of aromatic nitrogens is 4. The van der Waals surface area contributed by atoms with Gasteiger partial charge in [-0.15, -0.1) is 6.58 Å². The summed E-state index contributed by atoms with van der Waals surface area (Å²) in [4.78, 5) is 20.8. The van der Waals surface area contributed by atoms with Gasteiger partial charge in [0.15, 0.2) is 5.82 Å². The van der Waals surface area contributed by atoms with Gasteiger partial charge < -0.3 is 10.6 Å². The Morgan fingerprint density at radius 2 is 2.00 bits per heavy atom. The van der Waals surface area contributed by atoms with Crippen molar-refractivity contribution in [3.05, 3.63) is 72.8 Å². The van der Waals surface area contributed by atoms with Crippen molar-refractivity contribution in [3.63, 3.8) is 0 Å². The summed E-state index contributed by atoms with van der Waals surface area (Å²) in [7, 11) is 0. The average molecular weight is 348 g/mol. The second kappa shape index (κ2) is 8.57. The van der Waals surface area contributed by atoms with Crippen LogP contribution in [0, 0.1) is 0 Å². The Labute approximate surface area is 151 Å². The van der Waals surface area contributed by atoms with Gasteiger partial charge >= 0.3 is 0 Å². The molecule has 0 unspecified atom stereocenters. The number of carbonyl (C=O) groups excluding carboxylic acids is 1. The third-order valence-corrected chi connectivity index (χ3v) is 3.73. The Morgan fingerprint density at radius 3 is 2.81 bits per heavy atom. The highest BCUT2D eigenvalue weighted by molar-refractivity contribution is 5.99. The second-order valence-corrected chi connectivity index (χ2v) is 5.56. The number of benzene rings is 1. The van der Waals surface area contributed by atoms with Gasteiger partial charge in [0, 0.05) is 43.2 Å². The summed E-state index contributed by atoms with van der Waals surface area (Å²) in [6, 6.07) is 11.1. The second-order valence-electron chi connectivity index (χ2n) is 5.56. The number of anilines is 1. The first-order valence-corrected chi connectivity index (χ1v) is 8.31. The maximum absolute atomic E-state index is 12.4. The van der Waals surface area contributed by atoms with E-state index in [1.165, 1.54) is 0 Å². The largest absolute Gasteiger partial charge is 0.381 e. The fourth-order valence-electron chi connectivity index (χ4n) is 2.44. The molecule has 26 heavy (non-hydrogen) atoms. The molecular weight excluding hydrogens is 328 g/mol. The summed E-state index contributed by atoms with van der Waals surface area (Å²) in [6.45, 7) is 4.73. The Hall–Kier alpha value is -3.48. The monoisotopic (exact) mass is 348 g/mol. The van der Waals surface area contributed by atoms with Gasteiger partial charge in [0.2, 0.25) is 0 Å². The quantitative estimate of drug-likeness (QED) is 0.544. The Bertz CT molecular complexity index is 875. The first-order chi connectivity index (χ1) is 12.8. The highest BCUT2D eigenvalue weighted by Crippen LogP contribution is 2.15. The van der Waals surface area contributed by atoms with Gasteiger partial charge in [0.1, 0.15) is 5.82 Å². The molecule has 3 N–H and O–H groups in total. The third kappa shape index (κ3) is 4.32. The lowest BCUT2D eigenvalue weighted by Gasteiger charge is -2.10. The van der Waals surface area contributed by atoms with Crippen molar-refractivity contribution in [1.82, 2.24) is 25.5 Å². The number of pyridine rings is 1. The molecule has 1 amide bonds. The Kier molecular flexibility index (Phi) is 5.72. The molecule has 0 aliphatic heterocycles. The number of carbonyl (C=O) groups is 1. The van der Waals surface area contributed by atoms with Gasteiger partial charge in [-0.2, -0.15) is 5.10 Å². The van der Waals surface area contributed by atoms with Crippen molar-refractivity contribution in [2.45, 2.75) is 6.42 Å². The highest BCUT2D eigenvalue weighted by atomic mass is 16.1. The van der Waals surface area contributed by atoms with Gasteiger partial charge in [0.05, 0.1) is 5.56 Å². The molecule has 3 aromatic rings. The van der Waals surface area contributed by atoms with Crippen LogP contribution >= 0.6 is 0 Å². The van der Waals surface area contributed by atoms with E-state index >= 15 is 0 Å². The molecule has 0 atom stereocenters. The molecule has 132 valence electrons. The number of nitrogens with one attached hydrogen (secondary N) is 3. The zero-order valence-corrected chi connectivity index (χ0v) is 14.3. The van der Waals surface area contributed by atoms with Crippen molar-refractivity contribution in [1.29, 1.82) is 0 Å². The zero-order valence-electron chi connectivity index (χ0n) is 14.3. The smallest absolute Gasteiger partial charge is 0.253 e. The molecule has 2 aromatic heterocycles. The minimum atomic E-state index is -0.133. The number of amides is 1. The molecule has 0 saturated heterocycles. The van der Waals surface area contributed by atoms with Gasteiger partial charge in [-0.05, 0) is 24.3 Å². The molecule has 0 aliphatic rings. The van der Waals surface area contributed by atoms with E-state index in [4.69, 9.17) is 0 Å². The summed E-state index contributed by atoms with van der Waals surface area (Å²) in [5.74, 6) is 1.20. The third-order valence-electron chi connectivity index (χ3n) is 3.73. The highest BCUT2D eigenvalue weighted by Gasteiger charge is 2.11. The van der Waals surface area contributed by atoms with E-state index in [0.717, 1.165) is 17.1 Å². The van der Waals surface area contributed by atoms with Crippen LogP contribution in [0.1, 0.15) is 16.2 Å². The minimum Gasteiger partial charge on any atom is -0.381 e. The van der Waals surface area contributed by atoms with Gasteiger partial charge in [-0.25, -0.2) is 4.98 Å². The number of hydrogen-bond acceptors (Lipinski definition) is 5. The van der Waals surface area contributed by atoms with Gasteiger partial charge in [-0.1, -0.05) is 18.2 Å². The van der Waals surface area contributed by atoms with Crippen LogP contribution in [0.4, 0.5) is 5.69 Å². The number of aromatic amines is 1. The molecule has 2 heterocycles. The fraction of sp³-hybridized carbons (Fsp3) is 0.158. The molecule has 7 heteroatoms. The molecule has 0 spiro atoms. The summed E-state index contributed by atoms with van der Waals surface area (Å²) in [5.41, 5.74) is 2.28. The Morgan fingerprint density at radius 1 is 1.19 bits per heavy atom. The minimum absolute atomic E-state index is 0.133. The predicted molar refractivity (Wildman–Crippen MR) is 101 cm³/mol. The van der Waals surface area contributed by atoms with Gasteiger partial charge in [0.25, 0.3) is 5.91 Å². The van der Waals surface area contributed by atoms with E-state index < -0.39 is 0 Å². The van der Waals surface area contributed by atoms with Crippen LogP contribution in [0.25, 0.3) is 11.4 Å². The first-order valence-electron chi connectivity index (χ1n) is 8.31. The van der Waals surface area contributed by atoms with Crippen molar-refractivity contribution in [2.75, 3.05) is 18.4 Å². The lowest BCUT2D eigenvalue weighted by atomic mass is 10.1. The molecule has 0 fully saturated rings. The van der Waals surface area contributed by atoms with Crippen molar-refractivity contribution >= 4 is 11.6 Å². The standard InChI is InChI=1S/C19H20N6O/c1-2-10-21-16-6-4-3-5-15(16)19(26)22-13-9-17-23-18(25-24-17)14-7-11-20-12-8-14/h2-8,11-12,21H,1,9-10,13H2,(H,22,26)(H,23,24,25). The Balaban J connectivity index is 1.56. The molecule has 3 rings (SSSR count). The van der Waals surface area contributed by atoms with Crippen LogP contribution < -0.4 is 10.6 Å². The summed E-state index contributed by atoms with van der Waals surface area (Å²) in [6.07, 6.45) is 5.71. The number of para-hydroxylation sites is 1. The van der Waals surface area contributed by atoms with Gasteiger partial charge in [-0.3, -0.25) is 14.9 Å². The van der Waals surface area contributed by atoms with Crippen LogP contribution in [-0.2, 0) is 6.42 Å². The number of nitrogens with zero attached hydrogens (tertiary/aromatic N) is 3. The average Bonchev–Trinajstić information content (AvgIpc) is 3.16. The van der Waals surface area contributed by atoms with Crippen LogP contribution in [-0.4, -0.2) is 39.2 Å². The topological polar surface area (TPSA) is 95.6 Å². The van der Waals surface area contributed by atoms with Crippen LogP contribution in [0.5, 0.6) is 0 Å². The van der Waals surface area contributed by atoms with E-state index in [0.29, 0.717) is 30.9 Å². The molecule has 0 bridgehead atoms. The van der Waals surface area contributed by atoms with Crippen LogP contribution in [0.15, 0.2) is 61.4 Å². The summed E-state index contributed by atoms with van der Waals surface area (Å²) < 4.78 is 0. The number of H-pyrrole nitrogens is 1. The normalized spacial score (nSPS) is 10.3. The first kappa shape index (κ1) is 17.3. The maximum atomic E-state index is 12.4. The van der Waals surface area contributed by atoms with E-state index in [1.807, 2.05) is 30.3 Å². The van der Waals surface area contributed by atoms with Crippen molar-refractivity contribution < 1.29 is 4.79 Å². The summed E-state index contributed by atoms with van der Waals surface area (Å²) >= 11 is 0. The fourth-order valence-corrected chi connectivity index (χ4v) is 2.44. The van der Waals surface area contributed by atoms with Crippen LogP contribution in [0.2, 0.25) is 0 Å². The molecule has 0 aliphatic carbocycles. The lowest BCUT2D eigenvalue weighted by molar-refractivity contribution is 0.0955.